The zero-order valence-corrected chi connectivity index (χ0v) is 40.1. The second-order valence-corrected chi connectivity index (χ2v) is 20.0. The molecule has 0 N–H and O–H groups in total. The van der Waals surface area contributed by atoms with E-state index in [9.17, 15) is 19.2 Å². The van der Waals surface area contributed by atoms with Gasteiger partial charge < -0.3 is 9.47 Å². The van der Waals surface area contributed by atoms with Crippen molar-refractivity contribution in [3.05, 3.63) is 186 Å². The maximum atomic E-state index is 14.1. The van der Waals surface area contributed by atoms with Crippen molar-refractivity contribution in [2.24, 2.45) is 0 Å². The molecule has 62 heavy (non-hydrogen) atoms. The Bertz CT molecular complexity index is 2500. The average molecular weight is 1030 g/mol. The van der Waals surface area contributed by atoms with Gasteiger partial charge >= 0.3 is 11.9 Å². The van der Waals surface area contributed by atoms with E-state index < -0.39 is 11.9 Å². The molecule has 0 atom stereocenters. The summed E-state index contributed by atoms with van der Waals surface area (Å²) in [5.74, 6) is 0.168. The number of rotatable bonds is 18. The van der Waals surface area contributed by atoms with Gasteiger partial charge in [0.25, 0.3) is 0 Å². The predicted octanol–water partition coefficient (Wildman–Crippen LogP) is 11.1. The lowest BCUT2D eigenvalue weighted by atomic mass is 10.0. The van der Waals surface area contributed by atoms with Gasteiger partial charge in [0.1, 0.15) is 8.42 Å². The van der Waals surface area contributed by atoms with Gasteiger partial charge in [0.2, 0.25) is 22.9 Å². The summed E-state index contributed by atoms with van der Waals surface area (Å²) < 4.78 is 18.3. The molecule has 7 aromatic rings. The lowest BCUT2D eigenvalue weighted by Crippen LogP contribution is -2.31. The van der Waals surface area contributed by atoms with Gasteiger partial charge in [-0.25, -0.2) is 0 Å². The number of ketones is 2. The third-order valence-electron chi connectivity index (χ3n) is 9.48. The van der Waals surface area contributed by atoms with Crippen LogP contribution < -0.4 is 9.13 Å². The minimum absolute atomic E-state index is 0.0367. The first kappa shape index (κ1) is 45.3. The van der Waals surface area contributed by atoms with Crippen LogP contribution in [0.4, 0.5) is 0 Å². The first-order chi connectivity index (χ1) is 30.1. The van der Waals surface area contributed by atoms with E-state index in [0.717, 1.165) is 39.9 Å². The smallest absolute Gasteiger partial charge is 0.310 e. The molecule has 314 valence electrons. The number of thiophene rings is 2. The molecular weight excluding hydrogens is 989 g/mol. The molecule has 0 saturated carbocycles. The number of carbonyl (C=O) groups excluding carboxylic acids is 4. The lowest BCUT2D eigenvalue weighted by Gasteiger charge is -2.06. The molecule has 4 aromatic heterocycles. The summed E-state index contributed by atoms with van der Waals surface area (Å²) in [6.45, 7) is 4.03. The van der Waals surface area contributed by atoms with Crippen LogP contribution in [0.2, 0.25) is 0 Å². The highest BCUT2D eigenvalue weighted by molar-refractivity contribution is 9.10. The molecule has 8 nitrogen and oxygen atoms in total. The molecule has 0 bridgehead atoms. The van der Waals surface area contributed by atoms with Crippen LogP contribution >= 0.6 is 78.1 Å². The van der Waals surface area contributed by atoms with Gasteiger partial charge in [0.15, 0.2) is 24.8 Å². The van der Waals surface area contributed by atoms with Gasteiger partial charge in [-0.2, -0.15) is 9.13 Å². The van der Waals surface area contributed by atoms with Crippen molar-refractivity contribution in [2.45, 2.75) is 46.6 Å². The Morgan fingerprint density at radius 3 is 1.23 bits per heavy atom. The standard InChI is InChI=1S/C48H40Br2N2O6S4/c1-3-57-39(53)27-37-41(51-23-7-5-8-24-51)47(61-45(37)43(55)33-15-19-35(49)20-16-33)59-29-31-11-13-32(14-12-31)30-60-48-42(52-25-9-6-10-26-52)38(28-40(54)58-4-2)46(62-48)44(56)34-17-21-36(50)22-18-34/h5-26H,3-4,27-30H2,1-2H3/q+2. The number of halogens is 2. The number of aromatic nitrogens is 2. The van der Waals surface area contributed by atoms with Crippen molar-refractivity contribution in [2.75, 3.05) is 13.2 Å². The van der Waals surface area contributed by atoms with Crippen LogP contribution in [0.1, 0.15) is 66.6 Å². The topological polar surface area (TPSA) is 94.5 Å². The zero-order valence-electron chi connectivity index (χ0n) is 33.7. The van der Waals surface area contributed by atoms with E-state index in [4.69, 9.17) is 9.47 Å². The lowest BCUT2D eigenvalue weighted by molar-refractivity contribution is -0.598. The number of esters is 2. The largest absolute Gasteiger partial charge is 0.466 e. The Hall–Kier alpha value is -4.70. The van der Waals surface area contributed by atoms with Crippen molar-refractivity contribution in [3.63, 3.8) is 0 Å². The average Bonchev–Trinajstić information content (AvgIpc) is 3.83. The van der Waals surface area contributed by atoms with Crippen LogP contribution in [0.3, 0.4) is 0 Å². The Morgan fingerprint density at radius 1 is 0.532 bits per heavy atom. The van der Waals surface area contributed by atoms with E-state index in [1.54, 1.807) is 61.6 Å². The minimum atomic E-state index is -0.391. The van der Waals surface area contributed by atoms with Gasteiger partial charge in [-0.15, -0.1) is 46.2 Å². The Labute approximate surface area is 393 Å². The first-order valence-electron chi connectivity index (χ1n) is 19.6. The molecule has 4 heterocycles. The minimum Gasteiger partial charge on any atom is -0.466 e. The second kappa shape index (κ2) is 21.6. The van der Waals surface area contributed by atoms with Crippen LogP contribution in [0.5, 0.6) is 0 Å². The zero-order chi connectivity index (χ0) is 43.6. The first-order valence-corrected chi connectivity index (χ1v) is 24.8. The predicted molar refractivity (Wildman–Crippen MR) is 253 cm³/mol. The maximum absolute atomic E-state index is 14.1. The molecule has 0 spiro atoms. The number of hydrogen-bond acceptors (Lipinski definition) is 10. The SMILES string of the molecule is CCOC(=O)Cc1c(C(=O)c2ccc(Br)cc2)sc(SCc2ccc(CSc3sc(C(=O)c4ccc(Br)cc4)c(CC(=O)OCC)c3-[n+]3ccccc3)cc2)c1-[n+]1ccccc1. The highest BCUT2D eigenvalue weighted by Gasteiger charge is 2.33. The fourth-order valence-electron chi connectivity index (χ4n) is 6.58. The molecular formula is C48H40Br2N2O6S4+2. The van der Waals surface area contributed by atoms with Gasteiger partial charge in [0.05, 0.1) is 46.9 Å². The highest BCUT2D eigenvalue weighted by Crippen LogP contribution is 2.42. The van der Waals surface area contributed by atoms with Crippen molar-refractivity contribution < 1.29 is 37.8 Å². The number of carbonyl (C=O) groups is 4. The molecule has 0 amide bonds. The summed E-state index contributed by atoms with van der Waals surface area (Å²) in [5.41, 5.74) is 6.12. The Kier molecular flexibility index (Phi) is 15.8. The van der Waals surface area contributed by atoms with Crippen molar-refractivity contribution in [3.8, 4) is 11.4 Å². The van der Waals surface area contributed by atoms with Crippen molar-refractivity contribution >= 4 is 102 Å². The number of benzene rings is 3. The molecule has 0 aliphatic heterocycles. The van der Waals surface area contributed by atoms with Crippen molar-refractivity contribution in [1.29, 1.82) is 0 Å². The molecule has 0 aliphatic carbocycles. The molecule has 7 rings (SSSR count). The number of nitrogens with zero attached hydrogens (tertiary/aromatic N) is 2. The molecule has 0 radical (unpaired) electrons. The van der Waals surface area contributed by atoms with Crippen LogP contribution in [0, 0.1) is 0 Å². The fraction of sp³-hybridized carbons (Fsp3) is 0.167. The van der Waals surface area contributed by atoms with Crippen LogP contribution in [-0.2, 0) is 43.4 Å². The van der Waals surface area contributed by atoms with E-state index in [1.807, 2.05) is 94.6 Å². The third kappa shape index (κ3) is 11.1. The summed E-state index contributed by atoms with van der Waals surface area (Å²) in [5, 5.41) is 0. The normalized spacial score (nSPS) is 11.0. The monoisotopic (exact) mass is 1030 g/mol. The van der Waals surface area contributed by atoms with Gasteiger partial charge in [-0.05, 0) is 73.5 Å². The van der Waals surface area contributed by atoms with E-state index >= 15 is 0 Å². The van der Waals surface area contributed by atoms with E-state index in [0.29, 0.717) is 43.5 Å². The number of ether oxygens (including phenoxy) is 2. The molecule has 0 fully saturated rings. The highest BCUT2D eigenvalue weighted by atomic mass is 79.9. The van der Waals surface area contributed by atoms with E-state index in [1.165, 1.54) is 22.7 Å². The van der Waals surface area contributed by atoms with E-state index in [2.05, 4.69) is 56.1 Å². The molecule has 0 saturated heterocycles. The number of hydrogen-bond donors (Lipinski definition) is 0. The Morgan fingerprint density at radius 2 is 0.887 bits per heavy atom. The second-order valence-electron chi connectivity index (χ2n) is 13.7. The third-order valence-corrected chi connectivity index (χ3v) is 15.6. The molecule has 0 aliphatic rings. The molecule has 14 heteroatoms. The quantitative estimate of drug-likeness (QED) is 0.0363. The number of thioether (sulfide) groups is 2. The van der Waals surface area contributed by atoms with Crippen LogP contribution in [-0.4, -0.2) is 36.7 Å². The molecule has 3 aromatic carbocycles. The summed E-state index contributed by atoms with van der Waals surface area (Å²) in [6.07, 6.45) is 7.63. The summed E-state index contributed by atoms with van der Waals surface area (Å²) in [6, 6.07) is 34.5. The maximum Gasteiger partial charge on any atom is 0.310 e. The van der Waals surface area contributed by atoms with Gasteiger partial charge in [-0.1, -0.05) is 68.3 Å². The van der Waals surface area contributed by atoms with Crippen LogP contribution in [0.25, 0.3) is 11.4 Å². The molecule has 0 unspecified atom stereocenters. The summed E-state index contributed by atoms with van der Waals surface area (Å²) in [4.78, 5) is 55.2. The van der Waals surface area contributed by atoms with Crippen molar-refractivity contribution in [1.82, 2.24) is 0 Å². The summed E-state index contributed by atoms with van der Waals surface area (Å²) >= 11 is 13.0. The number of pyridine rings is 2. The Balaban J connectivity index is 1.16. The summed E-state index contributed by atoms with van der Waals surface area (Å²) in [7, 11) is 0. The van der Waals surface area contributed by atoms with Gasteiger partial charge in [-0.3, -0.25) is 19.2 Å². The van der Waals surface area contributed by atoms with Gasteiger partial charge in [0, 0.05) is 55.8 Å². The van der Waals surface area contributed by atoms with E-state index in [-0.39, 0.29) is 37.6 Å². The fourth-order valence-corrected chi connectivity index (χ4v) is 12.2. The van der Waals surface area contributed by atoms with Crippen LogP contribution in [0.15, 0.2) is 151 Å².